The maximum atomic E-state index is 12.4. The van der Waals surface area contributed by atoms with Crippen molar-refractivity contribution in [2.75, 3.05) is 24.7 Å². The van der Waals surface area contributed by atoms with Crippen molar-refractivity contribution < 1.29 is 23.5 Å². The number of nitrogens with one attached hydrogen (secondary N) is 3. The summed E-state index contributed by atoms with van der Waals surface area (Å²) in [5.74, 6) is 1.03. The van der Waals surface area contributed by atoms with Crippen molar-refractivity contribution in [2.24, 2.45) is 0 Å². The Hall–Kier alpha value is -3.21. The SMILES string of the molecule is CC[C@@H](Nc1[nH]o[n+](=O)c1Nc1ccc(Br)c(C(=O)N(C)C)c1O)c1ccc(C)o1. The van der Waals surface area contributed by atoms with E-state index in [0.29, 0.717) is 16.7 Å². The molecular weight excluding hydrogens is 458 g/mol. The predicted octanol–water partition coefficient (Wildman–Crippen LogP) is 3.90. The van der Waals surface area contributed by atoms with Gasteiger partial charge in [0.2, 0.25) is 0 Å². The number of rotatable bonds is 7. The zero-order valence-electron chi connectivity index (χ0n) is 16.9. The fourth-order valence-corrected chi connectivity index (χ4v) is 3.38. The number of nitrogens with zero attached hydrogens (tertiary/aromatic N) is 2. The summed E-state index contributed by atoms with van der Waals surface area (Å²) in [7, 11) is 3.16. The van der Waals surface area contributed by atoms with Gasteiger partial charge in [0.1, 0.15) is 17.2 Å². The molecule has 1 atom stereocenters. The molecule has 0 saturated heterocycles. The standard InChI is InChI=1S/C19H22BrN5O5/c1-5-12(14-9-6-10(2)29-14)21-17-18(25(28)30-23-17)22-13-8-7-11(20)15(16(13)26)19(27)24(3)4/h6-9,12,22H,5H2,1-4H3,(H2-,21,23,26,27,28)/p+1/t12-/m1/s1. The average molecular weight is 481 g/mol. The Balaban J connectivity index is 1.94. The summed E-state index contributed by atoms with van der Waals surface area (Å²) >= 11 is 3.28. The highest BCUT2D eigenvalue weighted by atomic mass is 79.9. The lowest BCUT2D eigenvalue weighted by Crippen LogP contribution is -2.22. The van der Waals surface area contributed by atoms with Crippen LogP contribution >= 0.6 is 15.9 Å². The molecule has 30 heavy (non-hydrogen) atoms. The van der Waals surface area contributed by atoms with Gasteiger partial charge in [-0.25, -0.2) is 0 Å². The molecule has 0 aliphatic rings. The zero-order chi connectivity index (χ0) is 22.0. The third-order valence-electron chi connectivity index (χ3n) is 4.48. The fourth-order valence-electron chi connectivity index (χ4n) is 2.89. The Kier molecular flexibility index (Phi) is 6.20. The number of carbonyl (C=O) groups excluding carboxylic acids is 1. The number of benzene rings is 1. The summed E-state index contributed by atoms with van der Waals surface area (Å²) in [4.78, 5) is 25.9. The lowest BCUT2D eigenvalue weighted by atomic mass is 10.1. The number of aromatic amines is 1. The molecule has 0 saturated carbocycles. The van der Waals surface area contributed by atoms with Gasteiger partial charge in [-0.05, 0) is 58.4 Å². The number of furan rings is 1. The third kappa shape index (κ3) is 4.20. The fraction of sp³-hybridized carbons (Fsp3) is 0.316. The van der Waals surface area contributed by atoms with E-state index in [-0.39, 0.29) is 39.3 Å². The lowest BCUT2D eigenvalue weighted by molar-refractivity contribution is -0.701. The smallest absolute Gasteiger partial charge is 0.371 e. The number of phenols is 1. The molecule has 11 heteroatoms. The van der Waals surface area contributed by atoms with Gasteiger partial charge in [-0.3, -0.25) is 10.1 Å². The van der Waals surface area contributed by atoms with Crippen molar-refractivity contribution in [2.45, 2.75) is 26.3 Å². The van der Waals surface area contributed by atoms with Gasteiger partial charge in [-0.2, -0.15) is 0 Å². The Labute approximate surface area is 180 Å². The van der Waals surface area contributed by atoms with E-state index < -0.39 is 5.91 Å². The van der Waals surface area contributed by atoms with Crippen molar-refractivity contribution in [3.63, 3.8) is 0 Å². The van der Waals surface area contributed by atoms with Gasteiger partial charge in [-0.1, -0.05) is 12.1 Å². The number of amides is 1. The molecule has 0 spiro atoms. The molecule has 0 aliphatic heterocycles. The second-order valence-electron chi connectivity index (χ2n) is 6.87. The van der Waals surface area contributed by atoms with E-state index in [2.05, 4.69) is 31.7 Å². The molecule has 0 fully saturated rings. The van der Waals surface area contributed by atoms with Gasteiger partial charge in [0, 0.05) is 18.6 Å². The van der Waals surface area contributed by atoms with Crippen LogP contribution in [-0.4, -0.2) is 35.2 Å². The molecule has 4 N–H and O–H groups in total. The van der Waals surface area contributed by atoms with E-state index >= 15 is 0 Å². The maximum absolute atomic E-state index is 12.4. The minimum absolute atomic E-state index is 0.0161. The maximum Gasteiger partial charge on any atom is 0.371 e. The lowest BCUT2D eigenvalue weighted by Gasteiger charge is -2.15. The van der Waals surface area contributed by atoms with Crippen LogP contribution in [0.1, 0.15) is 41.3 Å². The van der Waals surface area contributed by atoms with Crippen LogP contribution in [0.5, 0.6) is 5.75 Å². The Morgan fingerprint density at radius 2 is 2.07 bits per heavy atom. The first-order valence-electron chi connectivity index (χ1n) is 9.20. The predicted molar refractivity (Wildman–Crippen MR) is 114 cm³/mol. The Morgan fingerprint density at radius 3 is 2.67 bits per heavy atom. The van der Waals surface area contributed by atoms with E-state index in [0.717, 1.165) is 5.76 Å². The number of aromatic nitrogens is 2. The highest BCUT2D eigenvalue weighted by Gasteiger charge is 2.27. The summed E-state index contributed by atoms with van der Waals surface area (Å²) in [6.07, 6.45) is 0.676. The highest BCUT2D eigenvalue weighted by molar-refractivity contribution is 9.10. The normalized spacial score (nSPS) is 11.9. The number of phenolic OH excluding ortho intramolecular Hbond substituents is 1. The van der Waals surface area contributed by atoms with E-state index in [4.69, 9.17) is 9.05 Å². The number of aryl methyl sites for hydroxylation is 1. The number of halogens is 1. The first kappa shape index (κ1) is 21.5. The van der Waals surface area contributed by atoms with Gasteiger partial charge in [-0.15, -0.1) is 4.63 Å². The molecule has 10 nitrogen and oxygen atoms in total. The minimum atomic E-state index is -0.394. The molecule has 0 aliphatic carbocycles. The second kappa shape index (κ2) is 8.66. The molecule has 2 heterocycles. The van der Waals surface area contributed by atoms with Gasteiger partial charge in [0.15, 0.2) is 10.3 Å². The second-order valence-corrected chi connectivity index (χ2v) is 7.73. The van der Waals surface area contributed by atoms with E-state index in [1.807, 2.05) is 26.0 Å². The number of H-pyrrole nitrogens is 1. The van der Waals surface area contributed by atoms with E-state index in [1.54, 1.807) is 20.2 Å². The van der Waals surface area contributed by atoms with Crippen LogP contribution in [0.25, 0.3) is 0 Å². The van der Waals surface area contributed by atoms with Gasteiger partial charge in [0.25, 0.3) is 11.7 Å². The van der Waals surface area contributed by atoms with Crippen molar-refractivity contribution in [1.29, 1.82) is 0 Å². The number of aromatic hydroxyl groups is 1. The quantitative estimate of drug-likeness (QED) is 0.377. The van der Waals surface area contributed by atoms with Crippen LogP contribution in [0.3, 0.4) is 0 Å². The molecule has 2 aromatic heterocycles. The summed E-state index contributed by atoms with van der Waals surface area (Å²) in [6, 6.07) is 6.63. The Morgan fingerprint density at radius 1 is 1.33 bits per heavy atom. The minimum Gasteiger partial charge on any atom is -0.504 e. The van der Waals surface area contributed by atoms with E-state index in [9.17, 15) is 14.8 Å². The molecular formula is C19H23BrN5O5+. The molecule has 0 bridgehead atoms. The molecule has 160 valence electrons. The Bertz CT molecular complexity index is 1120. The number of hydrogen-bond acceptors (Lipinski definition) is 7. The van der Waals surface area contributed by atoms with Gasteiger partial charge in [0.05, 0.1) is 11.6 Å². The molecule has 0 unspecified atom stereocenters. The number of anilines is 3. The molecule has 1 aromatic carbocycles. The van der Waals surface area contributed by atoms with Crippen molar-refractivity contribution >= 4 is 39.2 Å². The van der Waals surface area contributed by atoms with Crippen LogP contribution in [0.4, 0.5) is 17.3 Å². The summed E-state index contributed by atoms with van der Waals surface area (Å²) in [6.45, 7) is 3.81. The zero-order valence-corrected chi connectivity index (χ0v) is 18.5. The van der Waals surface area contributed by atoms with Crippen LogP contribution < -0.4 is 15.2 Å². The number of carbonyl (C=O) groups is 1. The van der Waals surface area contributed by atoms with E-state index in [1.165, 1.54) is 11.0 Å². The highest BCUT2D eigenvalue weighted by Crippen LogP contribution is 2.36. The van der Waals surface area contributed by atoms with Gasteiger partial charge >= 0.3 is 5.82 Å². The molecule has 3 aromatic rings. The molecule has 3 rings (SSSR count). The van der Waals surface area contributed by atoms with Crippen LogP contribution in [-0.2, 0) is 0 Å². The van der Waals surface area contributed by atoms with Crippen LogP contribution in [0, 0.1) is 11.8 Å². The summed E-state index contributed by atoms with van der Waals surface area (Å²) in [5, 5.41) is 19.2. The largest absolute Gasteiger partial charge is 0.504 e. The number of hydrogen-bond donors (Lipinski definition) is 4. The first-order chi connectivity index (χ1) is 14.2. The topological polar surface area (TPSA) is 130 Å². The van der Waals surface area contributed by atoms with Gasteiger partial charge < -0.3 is 19.7 Å². The monoisotopic (exact) mass is 480 g/mol. The first-order valence-corrected chi connectivity index (χ1v) is 9.99. The van der Waals surface area contributed by atoms with Crippen molar-refractivity contribution in [1.82, 2.24) is 10.1 Å². The van der Waals surface area contributed by atoms with Crippen molar-refractivity contribution in [3.05, 3.63) is 50.7 Å². The van der Waals surface area contributed by atoms with Crippen LogP contribution in [0.15, 0.2) is 37.8 Å². The molecule has 0 radical (unpaired) electrons. The van der Waals surface area contributed by atoms with Crippen LogP contribution in [0.2, 0.25) is 0 Å². The molecule has 1 amide bonds. The third-order valence-corrected chi connectivity index (χ3v) is 5.14. The summed E-state index contributed by atoms with van der Waals surface area (Å²) in [5.41, 5.74) is 0.231. The van der Waals surface area contributed by atoms with Crippen molar-refractivity contribution in [3.8, 4) is 5.75 Å². The average Bonchev–Trinajstić information content (AvgIpc) is 3.28. The summed E-state index contributed by atoms with van der Waals surface area (Å²) < 4.78 is 11.2.